The maximum atomic E-state index is 12.7. The fourth-order valence-corrected chi connectivity index (χ4v) is 2.50. The Bertz CT molecular complexity index is 774. The number of amides is 1. The van der Waals surface area contributed by atoms with Crippen LogP contribution in [0.5, 0.6) is 11.5 Å². The standard InChI is InChI=1S/C18H16F3NO3/c19-18(20,21)13-2-1-3-14(11-13)22-17(23)7-5-12-4-6-15-16(10-12)25-9-8-24-15/h1-4,6,10-11H,5,7-9H2,(H,22,23). The normalized spacial score (nSPS) is 13.4. The van der Waals surface area contributed by atoms with Crippen LogP contribution >= 0.6 is 0 Å². The molecule has 1 aliphatic rings. The number of fused-ring (bicyclic) bond motifs is 1. The Morgan fingerprint density at radius 1 is 1.04 bits per heavy atom. The third-order valence-electron chi connectivity index (χ3n) is 3.72. The van der Waals surface area contributed by atoms with Crippen molar-refractivity contribution in [2.45, 2.75) is 19.0 Å². The van der Waals surface area contributed by atoms with Crippen LogP contribution in [0.2, 0.25) is 0 Å². The van der Waals surface area contributed by atoms with Crippen LogP contribution in [0.3, 0.4) is 0 Å². The SMILES string of the molecule is O=C(CCc1ccc2c(c1)OCCO2)Nc1cccc(C(F)(F)F)c1. The van der Waals surface area contributed by atoms with Gasteiger partial charge in [-0.05, 0) is 42.3 Å². The third kappa shape index (κ3) is 4.43. The fraction of sp³-hybridized carbons (Fsp3) is 0.278. The smallest absolute Gasteiger partial charge is 0.416 e. The van der Waals surface area contributed by atoms with Crippen molar-refractivity contribution in [3.05, 3.63) is 53.6 Å². The molecule has 1 aliphatic heterocycles. The Morgan fingerprint density at radius 2 is 1.80 bits per heavy atom. The van der Waals surface area contributed by atoms with Gasteiger partial charge in [0.25, 0.3) is 0 Å². The van der Waals surface area contributed by atoms with Crippen LogP contribution in [0, 0.1) is 0 Å². The molecule has 0 fully saturated rings. The van der Waals surface area contributed by atoms with Crippen molar-refractivity contribution in [2.24, 2.45) is 0 Å². The van der Waals surface area contributed by atoms with Gasteiger partial charge < -0.3 is 14.8 Å². The number of halogens is 3. The highest BCUT2D eigenvalue weighted by molar-refractivity contribution is 5.90. The number of carbonyl (C=O) groups excluding carboxylic acids is 1. The van der Waals surface area contributed by atoms with E-state index in [2.05, 4.69) is 5.32 Å². The summed E-state index contributed by atoms with van der Waals surface area (Å²) in [6, 6.07) is 10.0. The molecule has 0 atom stereocenters. The molecule has 0 spiro atoms. The van der Waals surface area contributed by atoms with Crippen LogP contribution in [0.15, 0.2) is 42.5 Å². The van der Waals surface area contributed by atoms with Crippen LogP contribution in [0.1, 0.15) is 17.5 Å². The van der Waals surface area contributed by atoms with Crippen molar-refractivity contribution in [2.75, 3.05) is 18.5 Å². The maximum absolute atomic E-state index is 12.7. The van der Waals surface area contributed by atoms with E-state index in [4.69, 9.17) is 9.47 Å². The summed E-state index contributed by atoms with van der Waals surface area (Å²) in [7, 11) is 0. The second-order valence-corrected chi connectivity index (χ2v) is 5.60. The zero-order chi connectivity index (χ0) is 17.9. The van der Waals surface area contributed by atoms with E-state index >= 15 is 0 Å². The average molecular weight is 351 g/mol. The summed E-state index contributed by atoms with van der Waals surface area (Å²) >= 11 is 0. The van der Waals surface area contributed by atoms with Gasteiger partial charge in [-0.1, -0.05) is 12.1 Å². The first-order valence-electron chi connectivity index (χ1n) is 7.77. The van der Waals surface area contributed by atoms with E-state index in [-0.39, 0.29) is 18.0 Å². The lowest BCUT2D eigenvalue weighted by Gasteiger charge is -2.18. The Hall–Kier alpha value is -2.70. The lowest BCUT2D eigenvalue weighted by Crippen LogP contribution is -2.16. The van der Waals surface area contributed by atoms with Gasteiger partial charge in [0.2, 0.25) is 5.91 Å². The van der Waals surface area contributed by atoms with E-state index in [0.717, 1.165) is 17.7 Å². The van der Waals surface area contributed by atoms with Gasteiger partial charge in [0.1, 0.15) is 13.2 Å². The molecule has 4 nitrogen and oxygen atoms in total. The van der Waals surface area contributed by atoms with Crippen LogP contribution in [-0.4, -0.2) is 19.1 Å². The minimum atomic E-state index is -4.44. The molecule has 1 N–H and O–H groups in total. The number of ether oxygens (including phenoxy) is 2. The molecular formula is C18H16F3NO3. The van der Waals surface area contributed by atoms with E-state index < -0.39 is 11.7 Å². The van der Waals surface area contributed by atoms with Gasteiger partial charge in [0, 0.05) is 12.1 Å². The number of hydrogen-bond donors (Lipinski definition) is 1. The Labute approximate surface area is 142 Å². The highest BCUT2D eigenvalue weighted by atomic mass is 19.4. The Balaban J connectivity index is 1.58. The summed E-state index contributed by atoms with van der Waals surface area (Å²) in [6.45, 7) is 0.984. The number of hydrogen-bond acceptors (Lipinski definition) is 3. The summed E-state index contributed by atoms with van der Waals surface area (Å²) in [5.41, 5.74) is 0.225. The van der Waals surface area contributed by atoms with Gasteiger partial charge in [0.05, 0.1) is 5.56 Å². The number of nitrogens with one attached hydrogen (secondary N) is 1. The number of rotatable bonds is 4. The molecule has 1 heterocycles. The molecule has 7 heteroatoms. The van der Waals surface area contributed by atoms with Crippen LogP contribution in [0.4, 0.5) is 18.9 Å². The van der Waals surface area contributed by atoms with Gasteiger partial charge in [-0.15, -0.1) is 0 Å². The summed E-state index contributed by atoms with van der Waals surface area (Å²) in [5, 5.41) is 2.49. The molecular weight excluding hydrogens is 335 g/mol. The number of alkyl halides is 3. The molecule has 2 aromatic rings. The molecule has 1 amide bonds. The fourth-order valence-electron chi connectivity index (χ4n) is 2.50. The first-order chi connectivity index (χ1) is 11.9. The summed E-state index contributed by atoms with van der Waals surface area (Å²) in [6.07, 6.45) is -3.84. The van der Waals surface area contributed by atoms with Crippen molar-refractivity contribution in [1.29, 1.82) is 0 Å². The van der Waals surface area contributed by atoms with Gasteiger partial charge in [-0.25, -0.2) is 0 Å². The van der Waals surface area contributed by atoms with Crippen molar-refractivity contribution < 1.29 is 27.4 Å². The van der Waals surface area contributed by atoms with Crippen molar-refractivity contribution in [3.63, 3.8) is 0 Å². The minimum absolute atomic E-state index is 0.127. The highest BCUT2D eigenvalue weighted by Crippen LogP contribution is 2.32. The molecule has 0 unspecified atom stereocenters. The average Bonchev–Trinajstić information content (AvgIpc) is 2.59. The lowest BCUT2D eigenvalue weighted by atomic mass is 10.1. The van der Waals surface area contributed by atoms with E-state index in [1.807, 2.05) is 12.1 Å². The van der Waals surface area contributed by atoms with Crippen LogP contribution in [-0.2, 0) is 17.4 Å². The van der Waals surface area contributed by atoms with Crippen LogP contribution in [0.25, 0.3) is 0 Å². The number of aryl methyl sites for hydroxylation is 1. The molecule has 2 aromatic carbocycles. The Kier molecular flexibility index (Phi) is 4.83. The van der Waals surface area contributed by atoms with Gasteiger partial charge >= 0.3 is 6.18 Å². The van der Waals surface area contributed by atoms with Crippen LogP contribution < -0.4 is 14.8 Å². The maximum Gasteiger partial charge on any atom is 0.416 e. The summed E-state index contributed by atoms with van der Waals surface area (Å²) in [4.78, 5) is 12.0. The minimum Gasteiger partial charge on any atom is -0.486 e. The summed E-state index contributed by atoms with van der Waals surface area (Å²) in [5.74, 6) is 0.958. The molecule has 132 valence electrons. The second kappa shape index (κ2) is 7.04. The molecule has 0 aromatic heterocycles. The summed E-state index contributed by atoms with van der Waals surface area (Å²) < 4.78 is 48.9. The van der Waals surface area contributed by atoms with E-state index in [9.17, 15) is 18.0 Å². The number of benzene rings is 2. The molecule has 0 saturated carbocycles. The Morgan fingerprint density at radius 3 is 2.56 bits per heavy atom. The van der Waals surface area contributed by atoms with Crippen molar-refractivity contribution >= 4 is 11.6 Å². The predicted octanol–water partition coefficient (Wildman–Crippen LogP) is 4.05. The second-order valence-electron chi connectivity index (χ2n) is 5.60. The van der Waals surface area contributed by atoms with E-state index in [1.54, 1.807) is 6.07 Å². The van der Waals surface area contributed by atoms with Crippen molar-refractivity contribution in [1.82, 2.24) is 0 Å². The number of carbonyl (C=O) groups is 1. The topological polar surface area (TPSA) is 47.6 Å². The molecule has 0 radical (unpaired) electrons. The first kappa shape index (κ1) is 17.1. The quantitative estimate of drug-likeness (QED) is 0.904. The van der Waals surface area contributed by atoms with Gasteiger partial charge in [0.15, 0.2) is 11.5 Å². The zero-order valence-electron chi connectivity index (χ0n) is 13.2. The van der Waals surface area contributed by atoms with Crippen molar-refractivity contribution in [3.8, 4) is 11.5 Å². The molecule has 3 rings (SSSR count). The van der Waals surface area contributed by atoms with E-state index in [0.29, 0.717) is 31.1 Å². The lowest BCUT2D eigenvalue weighted by molar-refractivity contribution is -0.137. The molecule has 25 heavy (non-hydrogen) atoms. The van der Waals surface area contributed by atoms with Gasteiger partial charge in [-0.2, -0.15) is 13.2 Å². The zero-order valence-corrected chi connectivity index (χ0v) is 13.2. The van der Waals surface area contributed by atoms with Gasteiger partial charge in [-0.3, -0.25) is 4.79 Å². The number of anilines is 1. The monoisotopic (exact) mass is 351 g/mol. The molecule has 0 saturated heterocycles. The highest BCUT2D eigenvalue weighted by Gasteiger charge is 2.30. The molecule has 0 aliphatic carbocycles. The third-order valence-corrected chi connectivity index (χ3v) is 3.72. The first-order valence-corrected chi connectivity index (χ1v) is 7.77. The van der Waals surface area contributed by atoms with E-state index in [1.165, 1.54) is 12.1 Å². The molecule has 0 bridgehead atoms. The largest absolute Gasteiger partial charge is 0.486 e. The predicted molar refractivity (Wildman–Crippen MR) is 85.8 cm³/mol.